The summed E-state index contributed by atoms with van der Waals surface area (Å²) in [6.07, 6.45) is 15.3. The minimum atomic E-state index is 0.377. The minimum Gasteiger partial charge on any atom is -0.396 e. The molecule has 14 heavy (non-hydrogen) atoms. The van der Waals surface area contributed by atoms with Crippen molar-refractivity contribution in [2.24, 2.45) is 5.92 Å². The van der Waals surface area contributed by atoms with Crippen LogP contribution in [0.2, 0.25) is 0 Å². The zero-order valence-electron chi connectivity index (χ0n) is 9.51. The summed E-state index contributed by atoms with van der Waals surface area (Å²) >= 11 is 0. The lowest BCUT2D eigenvalue weighted by Gasteiger charge is -2.07. The van der Waals surface area contributed by atoms with E-state index in [4.69, 9.17) is 5.11 Å². The predicted octanol–water partition coefficient (Wildman–Crippen LogP) is 3.90. The van der Waals surface area contributed by atoms with Gasteiger partial charge in [0, 0.05) is 6.61 Å². The molecular formula is C13H26O. The van der Waals surface area contributed by atoms with Gasteiger partial charge in [-0.15, -0.1) is 0 Å². The lowest BCUT2D eigenvalue weighted by atomic mass is 9.99. The molecule has 0 aromatic heterocycles. The van der Waals surface area contributed by atoms with Gasteiger partial charge in [0.25, 0.3) is 0 Å². The van der Waals surface area contributed by atoms with Crippen molar-refractivity contribution in [1.29, 1.82) is 0 Å². The molecule has 0 amide bonds. The van der Waals surface area contributed by atoms with Crippen LogP contribution in [0.3, 0.4) is 0 Å². The van der Waals surface area contributed by atoms with Crippen molar-refractivity contribution in [3.63, 3.8) is 0 Å². The third kappa shape index (κ3) is 5.64. The Balaban J connectivity index is 1.75. The number of hydrogen-bond donors (Lipinski definition) is 1. The van der Waals surface area contributed by atoms with Gasteiger partial charge in [-0.3, -0.25) is 0 Å². The largest absolute Gasteiger partial charge is 0.396 e. The minimum absolute atomic E-state index is 0.377. The zero-order chi connectivity index (χ0) is 10.1. The second-order valence-electron chi connectivity index (χ2n) is 4.78. The fourth-order valence-electron chi connectivity index (χ4n) is 2.55. The summed E-state index contributed by atoms with van der Waals surface area (Å²) in [7, 11) is 0. The molecule has 1 aliphatic carbocycles. The molecule has 0 atom stereocenters. The molecule has 84 valence electrons. The van der Waals surface area contributed by atoms with E-state index in [0.717, 1.165) is 12.3 Å². The molecule has 1 saturated carbocycles. The van der Waals surface area contributed by atoms with E-state index in [1.807, 2.05) is 0 Å². The SMILES string of the molecule is OCCCCCCCCC1CCCC1. The molecule has 1 fully saturated rings. The van der Waals surface area contributed by atoms with Gasteiger partial charge in [-0.05, 0) is 12.3 Å². The average Bonchev–Trinajstić information content (AvgIpc) is 2.69. The third-order valence-electron chi connectivity index (χ3n) is 3.50. The molecular weight excluding hydrogens is 172 g/mol. The highest BCUT2D eigenvalue weighted by molar-refractivity contribution is 4.66. The Morgan fingerprint density at radius 1 is 0.786 bits per heavy atom. The Morgan fingerprint density at radius 2 is 1.36 bits per heavy atom. The Kier molecular flexibility index (Phi) is 7.12. The summed E-state index contributed by atoms with van der Waals surface area (Å²) in [5.74, 6) is 1.08. The first kappa shape index (κ1) is 12.0. The topological polar surface area (TPSA) is 20.2 Å². The first-order chi connectivity index (χ1) is 6.93. The van der Waals surface area contributed by atoms with Gasteiger partial charge in [0.05, 0.1) is 0 Å². The molecule has 0 radical (unpaired) electrons. The van der Waals surface area contributed by atoms with Crippen LogP contribution in [0.25, 0.3) is 0 Å². The Labute approximate surface area is 88.9 Å². The summed E-state index contributed by atoms with van der Waals surface area (Å²) in [4.78, 5) is 0. The highest BCUT2D eigenvalue weighted by Crippen LogP contribution is 2.29. The van der Waals surface area contributed by atoms with Crippen molar-refractivity contribution in [3.05, 3.63) is 0 Å². The van der Waals surface area contributed by atoms with Gasteiger partial charge in [0.15, 0.2) is 0 Å². The van der Waals surface area contributed by atoms with Crippen LogP contribution >= 0.6 is 0 Å². The second-order valence-corrected chi connectivity index (χ2v) is 4.78. The van der Waals surface area contributed by atoms with E-state index in [2.05, 4.69) is 0 Å². The van der Waals surface area contributed by atoms with Gasteiger partial charge in [0.1, 0.15) is 0 Å². The average molecular weight is 198 g/mol. The van der Waals surface area contributed by atoms with Crippen molar-refractivity contribution in [3.8, 4) is 0 Å². The lowest BCUT2D eigenvalue weighted by molar-refractivity contribution is 0.282. The third-order valence-corrected chi connectivity index (χ3v) is 3.50. The van der Waals surface area contributed by atoms with Crippen LogP contribution in [0, 0.1) is 5.92 Å². The summed E-state index contributed by atoms with van der Waals surface area (Å²) in [6, 6.07) is 0. The molecule has 1 N–H and O–H groups in total. The van der Waals surface area contributed by atoms with Gasteiger partial charge >= 0.3 is 0 Å². The first-order valence-corrected chi connectivity index (χ1v) is 6.54. The molecule has 0 aromatic carbocycles. The standard InChI is InChI=1S/C13H26O/c14-12-8-4-2-1-3-5-9-13-10-6-7-11-13/h13-14H,1-12H2. The van der Waals surface area contributed by atoms with E-state index in [-0.39, 0.29) is 0 Å². The van der Waals surface area contributed by atoms with Crippen LogP contribution in [0.1, 0.15) is 70.6 Å². The predicted molar refractivity (Wildman–Crippen MR) is 61.4 cm³/mol. The van der Waals surface area contributed by atoms with E-state index in [9.17, 15) is 0 Å². The molecule has 0 unspecified atom stereocenters. The van der Waals surface area contributed by atoms with Crippen molar-refractivity contribution >= 4 is 0 Å². The Morgan fingerprint density at radius 3 is 2.00 bits per heavy atom. The van der Waals surface area contributed by atoms with E-state index in [0.29, 0.717) is 6.61 Å². The van der Waals surface area contributed by atoms with E-state index >= 15 is 0 Å². The van der Waals surface area contributed by atoms with Crippen molar-refractivity contribution in [1.82, 2.24) is 0 Å². The van der Waals surface area contributed by atoms with Gasteiger partial charge < -0.3 is 5.11 Å². The van der Waals surface area contributed by atoms with Crippen LogP contribution in [0.4, 0.5) is 0 Å². The molecule has 0 heterocycles. The van der Waals surface area contributed by atoms with Crippen LogP contribution < -0.4 is 0 Å². The summed E-state index contributed by atoms with van der Waals surface area (Å²) < 4.78 is 0. The van der Waals surface area contributed by atoms with Crippen molar-refractivity contribution < 1.29 is 5.11 Å². The maximum atomic E-state index is 8.61. The summed E-state index contributed by atoms with van der Waals surface area (Å²) in [6.45, 7) is 0.377. The van der Waals surface area contributed by atoms with Crippen LogP contribution in [-0.2, 0) is 0 Å². The smallest absolute Gasteiger partial charge is 0.0431 e. The van der Waals surface area contributed by atoms with Crippen LogP contribution in [-0.4, -0.2) is 11.7 Å². The number of aliphatic hydroxyl groups excluding tert-OH is 1. The summed E-state index contributed by atoms with van der Waals surface area (Å²) in [5, 5.41) is 8.61. The fraction of sp³-hybridized carbons (Fsp3) is 1.00. The Hall–Kier alpha value is -0.0400. The van der Waals surface area contributed by atoms with E-state index in [1.54, 1.807) is 0 Å². The molecule has 0 aromatic rings. The van der Waals surface area contributed by atoms with Gasteiger partial charge in [0.2, 0.25) is 0 Å². The van der Waals surface area contributed by atoms with Crippen molar-refractivity contribution in [2.45, 2.75) is 70.6 Å². The second kappa shape index (κ2) is 8.28. The Bertz CT molecular complexity index is 116. The van der Waals surface area contributed by atoms with Gasteiger partial charge in [-0.25, -0.2) is 0 Å². The maximum absolute atomic E-state index is 8.61. The molecule has 0 aliphatic heterocycles. The van der Waals surface area contributed by atoms with Crippen molar-refractivity contribution in [2.75, 3.05) is 6.61 Å². The first-order valence-electron chi connectivity index (χ1n) is 6.54. The molecule has 1 aliphatic rings. The number of unbranched alkanes of at least 4 members (excludes halogenated alkanes) is 5. The monoisotopic (exact) mass is 198 g/mol. The summed E-state index contributed by atoms with van der Waals surface area (Å²) in [5.41, 5.74) is 0. The number of aliphatic hydroxyl groups is 1. The van der Waals surface area contributed by atoms with Gasteiger partial charge in [-0.1, -0.05) is 64.2 Å². The van der Waals surface area contributed by atoms with Gasteiger partial charge in [-0.2, -0.15) is 0 Å². The molecule has 1 heteroatoms. The molecule has 0 bridgehead atoms. The number of rotatable bonds is 8. The fourth-order valence-corrected chi connectivity index (χ4v) is 2.55. The normalized spacial score (nSPS) is 17.8. The number of hydrogen-bond acceptors (Lipinski definition) is 1. The van der Waals surface area contributed by atoms with E-state index in [1.165, 1.54) is 64.2 Å². The quantitative estimate of drug-likeness (QED) is 0.586. The lowest BCUT2D eigenvalue weighted by Crippen LogP contribution is -1.92. The maximum Gasteiger partial charge on any atom is 0.0431 e. The van der Waals surface area contributed by atoms with E-state index < -0.39 is 0 Å². The zero-order valence-corrected chi connectivity index (χ0v) is 9.51. The van der Waals surface area contributed by atoms with Crippen LogP contribution in [0.15, 0.2) is 0 Å². The molecule has 0 saturated heterocycles. The van der Waals surface area contributed by atoms with Crippen LogP contribution in [0.5, 0.6) is 0 Å². The highest BCUT2D eigenvalue weighted by Gasteiger charge is 2.13. The molecule has 1 nitrogen and oxygen atoms in total. The molecule has 1 rings (SSSR count). The highest BCUT2D eigenvalue weighted by atomic mass is 16.2. The molecule has 0 spiro atoms.